The first kappa shape index (κ1) is 11.5. The van der Waals surface area contributed by atoms with Crippen molar-refractivity contribution in [3.8, 4) is 5.75 Å². The summed E-state index contributed by atoms with van der Waals surface area (Å²) in [6.07, 6.45) is 2.63. The molecule has 0 aliphatic heterocycles. The lowest BCUT2D eigenvalue weighted by atomic mass is 10.2. The zero-order chi connectivity index (χ0) is 10.4. The summed E-state index contributed by atoms with van der Waals surface area (Å²) in [5, 5.41) is 1.44. The summed E-state index contributed by atoms with van der Waals surface area (Å²) in [7, 11) is 2.64. The minimum absolute atomic E-state index is 0.820. The number of methoxy groups -OCH3 is 1. The van der Waals surface area contributed by atoms with Crippen LogP contribution in [0.2, 0.25) is 0 Å². The Morgan fingerprint density at radius 1 is 1.21 bits per heavy atom. The molecule has 0 spiro atoms. The van der Waals surface area contributed by atoms with E-state index in [1.807, 2.05) is 12.1 Å². The molecule has 0 fully saturated rings. The van der Waals surface area contributed by atoms with Gasteiger partial charge in [0.15, 0.2) is 0 Å². The standard InChI is InChI=1S/C12H19OP/c1-10(2)8-9-14-12-6-4-11(13-3)5-7-12/h4-7,10,14H,8-9H2,1-3H3. The highest BCUT2D eigenvalue weighted by Crippen LogP contribution is 2.17. The van der Waals surface area contributed by atoms with Crippen LogP contribution in [0.1, 0.15) is 20.3 Å². The van der Waals surface area contributed by atoms with E-state index in [4.69, 9.17) is 4.74 Å². The summed E-state index contributed by atoms with van der Waals surface area (Å²) in [6.45, 7) is 4.55. The van der Waals surface area contributed by atoms with Gasteiger partial charge in [-0.1, -0.05) is 34.6 Å². The van der Waals surface area contributed by atoms with Crippen molar-refractivity contribution >= 4 is 13.9 Å². The van der Waals surface area contributed by atoms with Gasteiger partial charge in [-0.3, -0.25) is 0 Å². The minimum Gasteiger partial charge on any atom is -0.497 e. The monoisotopic (exact) mass is 210 g/mol. The highest BCUT2D eigenvalue weighted by atomic mass is 31.1. The normalized spacial score (nSPS) is 11.4. The van der Waals surface area contributed by atoms with Gasteiger partial charge in [0.05, 0.1) is 7.11 Å². The van der Waals surface area contributed by atoms with Crippen LogP contribution in [0.15, 0.2) is 24.3 Å². The maximum Gasteiger partial charge on any atom is 0.118 e. The Hall–Kier alpha value is -0.550. The molecule has 1 rings (SSSR count). The second kappa shape index (κ2) is 6.03. The van der Waals surface area contributed by atoms with Crippen LogP contribution in [0.3, 0.4) is 0 Å². The molecule has 0 heterocycles. The van der Waals surface area contributed by atoms with Crippen molar-refractivity contribution in [1.82, 2.24) is 0 Å². The zero-order valence-electron chi connectivity index (χ0n) is 9.21. The average molecular weight is 210 g/mol. The van der Waals surface area contributed by atoms with E-state index in [0.29, 0.717) is 0 Å². The molecule has 0 bridgehead atoms. The molecule has 1 aromatic carbocycles. The first-order valence-corrected chi connectivity index (χ1v) is 6.31. The molecule has 14 heavy (non-hydrogen) atoms. The number of hydrogen-bond acceptors (Lipinski definition) is 1. The summed E-state index contributed by atoms with van der Waals surface area (Å²) < 4.78 is 5.11. The third-order valence-corrected chi connectivity index (χ3v) is 3.42. The summed E-state index contributed by atoms with van der Waals surface area (Å²) in [6, 6.07) is 8.41. The minimum atomic E-state index is 0.820. The molecule has 78 valence electrons. The maximum atomic E-state index is 5.11. The Balaban J connectivity index is 2.36. The van der Waals surface area contributed by atoms with Gasteiger partial charge >= 0.3 is 0 Å². The van der Waals surface area contributed by atoms with E-state index in [1.165, 1.54) is 17.9 Å². The SMILES string of the molecule is COc1ccc(PCCC(C)C)cc1. The maximum absolute atomic E-state index is 5.11. The average Bonchev–Trinajstić information content (AvgIpc) is 2.18. The topological polar surface area (TPSA) is 9.23 Å². The van der Waals surface area contributed by atoms with E-state index in [0.717, 1.165) is 20.2 Å². The fourth-order valence-electron chi connectivity index (χ4n) is 1.21. The Labute approximate surface area is 88.6 Å². The Morgan fingerprint density at radius 3 is 2.36 bits per heavy atom. The zero-order valence-corrected chi connectivity index (χ0v) is 10.2. The quantitative estimate of drug-likeness (QED) is 0.679. The molecule has 0 radical (unpaired) electrons. The Kier molecular flexibility index (Phi) is 4.97. The van der Waals surface area contributed by atoms with Gasteiger partial charge in [-0.15, -0.1) is 0 Å². The van der Waals surface area contributed by atoms with Crippen LogP contribution in [0.4, 0.5) is 0 Å². The highest BCUT2D eigenvalue weighted by molar-refractivity contribution is 7.47. The van der Waals surface area contributed by atoms with E-state index in [-0.39, 0.29) is 0 Å². The van der Waals surface area contributed by atoms with Crippen molar-refractivity contribution in [2.75, 3.05) is 13.3 Å². The van der Waals surface area contributed by atoms with Crippen molar-refractivity contribution in [2.45, 2.75) is 20.3 Å². The fourth-order valence-corrected chi connectivity index (χ4v) is 2.63. The van der Waals surface area contributed by atoms with Gasteiger partial charge in [-0.05, 0) is 35.9 Å². The first-order chi connectivity index (χ1) is 6.72. The van der Waals surface area contributed by atoms with Gasteiger partial charge < -0.3 is 4.74 Å². The molecule has 1 nitrogen and oxygen atoms in total. The predicted molar refractivity (Wildman–Crippen MR) is 65.3 cm³/mol. The molecule has 0 N–H and O–H groups in total. The molecule has 0 saturated heterocycles. The van der Waals surface area contributed by atoms with Gasteiger partial charge in [-0.25, -0.2) is 0 Å². The molecule has 0 saturated carbocycles. The summed E-state index contributed by atoms with van der Waals surface area (Å²) >= 11 is 0. The lowest BCUT2D eigenvalue weighted by Crippen LogP contribution is -1.97. The molecule has 0 aromatic heterocycles. The van der Waals surface area contributed by atoms with E-state index in [9.17, 15) is 0 Å². The van der Waals surface area contributed by atoms with Crippen molar-refractivity contribution < 1.29 is 4.74 Å². The van der Waals surface area contributed by atoms with E-state index in [2.05, 4.69) is 26.0 Å². The van der Waals surface area contributed by atoms with E-state index >= 15 is 0 Å². The van der Waals surface area contributed by atoms with Crippen LogP contribution in [0, 0.1) is 5.92 Å². The van der Waals surface area contributed by atoms with E-state index < -0.39 is 0 Å². The number of ether oxygens (including phenoxy) is 1. The van der Waals surface area contributed by atoms with Gasteiger partial charge in [-0.2, -0.15) is 0 Å². The van der Waals surface area contributed by atoms with Crippen LogP contribution in [0.25, 0.3) is 0 Å². The third kappa shape index (κ3) is 4.11. The molecule has 0 aliphatic carbocycles. The molecule has 1 atom stereocenters. The Morgan fingerprint density at radius 2 is 1.86 bits per heavy atom. The molecule has 0 aliphatic rings. The van der Waals surface area contributed by atoms with Crippen LogP contribution in [0.5, 0.6) is 5.75 Å². The molecule has 1 aromatic rings. The largest absolute Gasteiger partial charge is 0.497 e. The lowest BCUT2D eigenvalue weighted by Gasteiger charge is -2.05. The Bertz CT molecular complexity index is 254. The van der Waals surface area contributed by atoms with Crippen LogP contribution in [-0.4, -0.2) is 13.3 Å². The van der Waals surface area contributed by atoms with Gasteiger partial charge in [0, 0.05) is 0 Å². The smallest absolute Gasteiger partial charge is 0.118 e. The van der Waals surface area contributed by atoms with Gasteiger partial charge in [0.2, 0.25) is 0 Å². The number of rotatable bonds is 5. The molecular formula is C12H19OP. The predicted octanol–water partition coefficient (Wildman–Crippen LogP) is 3.05. The number of hydrogen-bond donors (Lipinski definition) is 0. The fraction of sp³-hybridized carbons (Fsp3) is 0.500. The van der Waals surface area contributed by atoms with Crippen LogP contribution >= 0.6 is 8.58 Å². The molecule has 2 heteroatoms. The number of benzene rings is 1. The van der Waals surface area contributed by atoms with Crippen molar-refractivity contribution in [3.05, 3.63) is 24.3 Å². The van der Waals surface area contributed by atoms with Gasteiger partial charge in [0.25, 0.3) is 0 Å². The molecule has 1 unspecified atom stereocenters. The van der Waals surface area contributed by atoms with Crippen molar-refractivity contribution in [3.63, 3.8) is 0 Å². The van der Waals surface area contributed by atoms with Crippen LogP contribution < -0.4 is 10.0 Å². The summed E-state index contributed by atoms with van der Waals surface area (Å²) in [5.74, 6) is 1.77. The van der Waals surface area contributed by atoms with Crippen molar-refractivity contribution in [2.24, 2.45) is 5.92 Å². The first-order valence-electron chi connectivity index (χ1n) is 5.10. The molecule has 0 amide bonds. The van der Waals surface area contributed by atoms with E-state index in [1.54, 1.807) is 7.11 Å². The second-order valence-electron chi connectivity index (χ2n) is 3.84. The summed E-state index contributed by atoms with van der Waals surface area (Å²) in [5.41, 5.74) is 0. The summed E-state index contributed by atoms with van der Waals surface area (Å²) in [4.78, 5) is 0. The third-order valence-electron chi connectivity index (χ3n) is 2.14. The second-order valence-corrected chi connectivity index (χ2v) is 5.27. The van der Waals surface area contributed by atoms with Crippen LogP contribution in [-0.2, 0) is 0 Å². The molecular weight excluding hydrogens is 191 g/mol. The highest BCUT2D eigenvalue weighted by Gasteiger charge is 1.96. The van der Waals surface area contributed by atoms with Crippen molar-refractivity contribution in [1.29, 1.82) is 0 Å². The van der Waals surface area contributed by atoms with Gasteiger partial charge in [0.1, 0.15) is 5.75 Å². The lowest BCUT2D eigenvalue weighted by molar-refractivity contribution is 0.415.